The molecule has 1 nitrogen and oxygen atoms in total. The first-order chi connectivity index (χ1) is 6.22. The molecule has 0 spiro atoms. The molecule has 0 amide bonds. The van der Waals surface area contributed by atoms with Crippen molar-refractivity contribution in [2.24, 2.45) is 0 Å². The van der Waals surface area contributed by atoms with Gasteiger partial charge in [0.15, 0.2) is 0 Å². The van der Waals surface area contributed by atoms with E-state index in [1.54, 1.807) is 0 Å². The van der Waals surface area contributed by atoms with Crippen molar-refractivity contribution < 1.29 is 4.79 Å². The summed E-state index contributed by atoms with van der Waals surface area (Å²) in [7, 11) is 0. The maximum absolute atomic E-state index is 10.3. The average Bonchev–Trinajstić information content (AvgIpc) is 2.04. The van der Waals surface area contributed by atoms with Crippen LogP contribution in [0, 0.1) is 0 Å². The Kier molecular flexibility index (Phi) is 4.03. The van der Waals surface area contributed by atoms with Crippen molar-refractivity contribution in [1.82, 2.24) is 0 Å². The molecule has 0 aliphatic heterocycles. The number of hydrogen-bond donors (Lipinski definition) is 0. The summed E-state index contributed by atoms with van der Waals surface area (Å²) < 4.78 is 0. The van der Waals surface area contributed by atoms with E-state index in [4.69, 9.17) is 0 Å². The molecular formula is C11H14OS. The van der Waals surface area contributed by atoms with Crippen molar-refractivity contribution in [2.45, 2.75) is 30.4 Å². The Morgan fingerprint density at radius 1 is 1.46 bits per heavy atom. The standard InChI is InChI=1S/C11H14OS/c1-9(2)13-11-5-3-4-10(8-11)6-7-12/h3-5,7-9H,6H2,1-2H3. The van der Waals surface area contributed by atoms with Crippen molar-refractivity contribution in [1.29, 1.82) is 0 Å². The molecule has 0 aliphatic carbocycles. The van der Waals surface area contributed by atoms with Crippen molar-refractivity contribution in [3.63, 3.8) is 0 Å². The van der Waals surface area contributed by atoms with Crippen molar-refractivity contribution >= 4 is 18.0 Å². The van der Waals surface area contributed by atoms with Crippen LogP contribution in [-0.4, -0.2) is 11.5 Å². The highest BCUT2D eigenvalue weighted by Crippen LogP contribution is 2.23. The summed E-state index contributed by atoms with van der Waals surface area (Å²) in [6, 6.07) is 8.15. The molecule has 0 fully saturated rings. The maximum atomic E-state index is 10.3. The second-order valence-corrected chi connectivity index (χ2v) is 4.83. The number of hydrogen-bond acceptors (Lipinski definition) is 2. The topological polar surface area (TPSA) is 17.1 Å². The van der Waals surface area contributed by atoms with Gasteiger partial charge in [-0.15, -0.1) is 11.8 Å². The molecule has 70 valence electrons. The lowest BCUT2D eigenvalue weighted by Gasteiger charge is -2.05. The van der Waals surface area contributed by atoms with E-state index in [-0.39, 0.29) is 0 Å². The minimum Gasteiger partial charge on any atom is -0.303 e. The van der Waals surface area contributed by atoms with Gasteiger partial charge in [-0.2, -0.15) is 0 Å². The molecule has 0 N–H and O–H groups in total. The lowest BCUT2D eigenvalue weighted by atomic mass is 10.2. The molecule has 0 aliphatic rings. The maximum Gasteiger partial charge on any atom is 0.124 e. The third-order valence-corrected chi connectivity index (χ3v) is 2.59. The molecule has 0 atom stereocenters. The van der Waals surface area contributed by atoms with E-state index in [1.165, 1.54) is 4.90 Å². The van der Waals surface area contributed by atoms with Crippen LogP contribution in [0.25, 0.3) is 0 Å². The van der Waals surface area contributed by atoms with Gasteiger partial charge in [0.1, 0.15) is 6.29 Å². The van der Waals surface area contributed by atoms with Gasteiger partial charge in [-0.1, -0.05) is 26.0 Å². The number of thioether (sulfide) groups is 1. The van der Waals surface area contributed by atoms with Crippen LogP contribution in [0.3, 0.4) is 0 Å². The van der Waals surface area contributed by atoms with Crippen LogP contribution in [0.5, 0.6) is 0 Å². The van der Waals surface area contributed by atoms with Crippen LogP contribution in [-0.2, 0) is 11.2 Å². The zero-order chi connectivity index (χ0) is 9.68. The van der Waals surface area contributed by atoms with Gasteiger partial charge in [-0.3, -0.25) is 0 Å². The first kappa shape index (κ1) is 10.3. The molecule has 2 heteroatoms. The lowest BCUT2D eigenvalue weighted by Crippen LogP contribution is -1.89. The number of carbonyl (C=O) groups excluding carboxylic acids is 1. The lowest BCUT2D eigenvalue weighted by molar-refractivity contribution is -0.107. The normalized spacial score (nSPS) is 10.4. The van der Waals surface area contributed by atoms with Crippen LogP contribution >= 0.6 is 11.8 Å². The Labute approximate surface area is 83.5 Å². The van der Waals surface area contributed by atoms with Crippen molar-refractivity contribution in [3.05, 3.63) is 29.8 Å². The van der Waals surface area contributed by atoms with Gasteiger partial charge in [0.25, 0.3) is 0 Å². The SMILES string of the molecule is CC(C)Sc1cccc(CC=O)c1. The molecule has 1 rings (SSSR count). The molecular weight excluding hydrogens is 180 g/mol. The Hall–Kier alpha value is -0.760. The van der Waals surface area contributed by atoms with Crippen LogP contribution in [0.1, 0.15) is 19.4 Å². The van der Waals surface area contributed by atoms with Crippen molar-refractivity contribution in [2.75, 3.05) is 0 Å². The quantitative estimate of drug-likeness (QED) is 0.541. The van der Waals surface area contributed by atoms with E-state index in [0.29, 0.717) is 11.7 Å². The summed E-state index contributed by atoms with van der Waals surface area (Å²) in [5.41, 5.74) is 1.10. The fraction of sp³-hybridized carbons (Fsp3) is 0.364. The Morgan fingerprint density at radius 3 is 2.85 bits per heavy atom. The van der Waals surface area contributed by atoms with Gasteiger partial charge in [0.2, 0.25) is 0 Å². The molecule has 0 aromatic heterocycles. The number of benzene rings is 1. The van der Waals surface area contributed by atoms with E-state index >= 15 is 0 Å². The smallest absolute Gasteiger partial charge is 0.124 e. The van der Waals surface area contributed by atoms with Gasteiger partial charge < -0.3 is 4.79 Å². The van der Waals surface area contributed by atoms with E-state index in [0.717, 1.165) is 11.8 Å². The summed E-state index contributed by atoms with van der Waals surface area (Å²) in [5, 5.41) is 0.589. The van der Waals surface area contributed by atoms with E-state index < -0.39 is 0 Å². The molecule has 0 radical (unpaired) electrons. The Bertz CT molecular complexity index is 281. The summed E-state index contributed by atoms with van der Waals surface area (Å²) in [6.45, 7) is 4.33. The van der Waals surface area contributed by atoms with Crippen LogP contribution in [0.2, 0.25) is 0 Å². The number of carbonyl (C=O) groups is 1. The number of rotatable bonds is 4. The zero-order valence-corrected chi connectivity index (χ0v) is 8.80. The zero-order valence-electron chi connectivity index (χ0n) is 7.99. The molecule has 0 unspecified atom stereocenters. The fourth-order valence-electron chi connectivity index (χ4n) is 1.11. The summed E-state index contributed by atoms with van der Waals surface area (Å²) in [6.07, 6.45) is 1.46. The third kappa shape index (κ3) is 3.64. The second kappa shape index (κ2) is 5.07. The summed E-state index contributed by atoms with van der Waals surface area (Å²) in [5.74, 6) is 0. The van der Waals surface area contributed by atoms with Gasteiger partial charge in [-0.25, -0.2) is 0 Å². The Morgan fingerprint density at radius 2 is 2.23 bits per heavy atom. The second-order valence-electron chi connectivity index (χ2n) is 3.18. The minimum absolute atomic E-state index is 0.520. The van der Waals surface area contributed by atoms with Crippen LogP contribution < -0.4 is 0 Å². The minimum atomic E-state index is 0.520. The highest BCUT2D eigenvalue weighted by molar-refractivity contribution is 7.99. The van der Waals surface area contributed by atoms with Crippen molar-refractivity contribution in [3.8, 4) is 0 Å². The molecule has 0 saturated heterocycles. The van der Waals surface area contributed by atoms with Gasteiger partial charge >= 0.3 is 0 Å². The van der Waals surface area contributed by atoms with Gasteiger partial charge in [-0.05, 0) is 17.7 Å². The summed E-state index contributed by atoms with van der Waals surface area (Å²) in [4.78, 5) is 11.5. The van der Waals surface area contributed by atoms with Gasteiger partial charge in [0.05, 0.1) is 0 Å². The molecule has 0 bridgehead atoms. The number of aldehydes is 1. The third-order valence-electron chi connectivity index (χ3n) is 1.59. The first-order valence-electron chi connectivity index (χ1n) is 4.41. The Balaban J connectivity index is 2.72. The average molecular weight is 194 g/mol. The van der Waals surface area contributed by atoms with Crippen LogP contribution in [0.15, 0.2) is 29.2 Å². The largest absolute Gasteiger partial charge is 0.303 e. The highest BCUT2D eigenvalue weighted by atomic mass is 32.2. The van der Waals surface area contributed by atoms with E-state index in [2.05, 4.69) is 26.0 Å². The predicted molar refractivity (Wildman–Crippen MR) is 57.2 cm³/mol. The fourth-order valence-corrected chi connectivity index (χ4v) is 2.04. The highest BCUT2D eigenvalue weighted by Gasteiger charge is 1.98. The van der Waals surface area contributed by atoms with E-state index in [9.17, 15) is 4.79 Å². The molecule has 13 heavy (non-hydrogen) atoms. The molecule has 1 aromatic carbocycles. The molecule has 1 aromatic rings. The molecule has 0 heterocycles. The first-order valence-corrected chi connectivity index (χ1v) is 5.29. The summed E-state index contributed by atoms with van der Waals surface area (Å²) >= 11 is 1.82. The van der Waals surface area contributed by atoms with Crippen LogP contribution in [0.4, 0.5) is 0 Å². The molecule has 0 saturated carbocycles. The monoisotopic (exact) mass is 194 g/mol. The predicted octanol–water partition coefficient (Wildman–Crippen LogP) is 2.93. The van der Waals surface area contributed by atoms with Gasteiger partial charge in [0, 0.05) is 16.6 Å². The van der Waals surface area contributed by atoms with E-state index in [1.807, 2.05) is 23.9 Å².